The van der Waals surface area contributed by atoms with Gasteiger partial charge in [0.25, 0.3) is 0 Å². The van der Waals surface area contributed by atoms with Gasteiger partial charge in [0.05, 0.1) is 0 Å². The Hall–Kier alpha value is -2.00. The maximum atomic E-state index is 3.54. The van der Waals surface area contributed by atoms with Crippen molar-refractivity contribution < 1.29 is 0 Å². The van der Waals surface area contributed by atoms with E-state index in [-0.39, 0.29) is 0 Å². The normalized spacial score (nSPS) is 19.6. The van der Waals surface area contributed by atoms with E-state index in [4.69, 9.17) is 0 Å². The number of hydrogen-bond donors (Lipinski definition) is 0. The molecule has 0 N–H and O–H groups in total. The lowest BCUT2D eigenvalue weighted by atomic mass is 9.78. The van der Waals surface area contributed by atoms with E-state index in [0.29, 0.717) is 5.92 Å². The smallest absolute Gasteiger partial charge is 0.0245 e. The van der Waals surface area contributed by atoms with Crippen molar-refractivity contribution in [1.82, 2.24) is 0 Å². The standard InChI is InChI=1S/C26H32/c1-3-5-21-7-9-23(10-8-21)11-12-24-15-19-26(20-16-24)25-17-13-22(6-4-2)14-18-25/h7-10,13-14,17-18,24,26H,3-6,15-16,19-20H2,1-2H3/t24-,26-. The Labute approximate surface area is 160 Å². The topological polar surface area (TPSA) is 0 Å². The van der Waals surface area contributed by atoms with E-state index in [1.807, 2.05) is 0 Å². The summed E-state index contributed by atoms with van der Waals surface area (Å²) in [5.41, 5.74) is 5.59. The molecule has 3 rings (SSSR count). The third kappa shape index (κ3) is 5.25. The number of rotatable bonds is 5. The van der Waals surface area contributed by atoms with Gasteiger partial charge in [0.1, 0.15) is 0 Å². The van der Waals surface area contributed by atoms with E-state index in [0.717, 1.165) is 12.3 Å². The second-order valence-electron chi connectivity index (χ2n) is 7.76. The largest absolute Gasteiger partial charge is 0.0945 e. The zero-order valence-electron chi connectivity index (χ0n) is 16.4. The molecule has 0 aliphatic heterocycles. The van der Waals surface area contributed by atoms with Crippen LogP contribution in [0.1, 0.15) is 80.5 Å². The minimum absolute atomic E-state index is 0.570. The van der Waals surface area contributed by atoms with Gasteiger partial charge in [-0.1, -0.05) is 74.9 Å². The summed E-state index contributed by atoms with van der Waals surface area (Å²) in [6, 6.07) is 18.2. The molecular formula is C26H32. The second-order valence-corrected chi connectivity index (χ2v) is 7.76. The van der Waals surface area contributed by atoms with Crippen LogP contribution in [0.25, 0.3) is 0 Å². The van der Waals surface area contributed by atoms with E-state index in [2.05, 4.69) is 74.2 Å². The van der Waals surface area contributed by atoms with Gasteiger partial charge in [-0.25, -0.2) is 0 Å². The Morgan fingerprint density at radius 1 is 0.731 bits per heavy atom. The molecule has 0 aromatic heterocycles. The van der Waals surface area contributed by atoms with Gasteiger partial charge in [0, 0.05) is 11.5 Å². The molecule has 1 fully saturated rings. The van der Waals surface area contributed by atoms with E-state index < -0.39 is 0 Å². The molecule has 0 spiro atoms. The molecule has 0 amide bonds. The van der Waals surface area contributed by atoms with Crippen LogP contribution in [-0.4, -0.2) is 0 Å². The van der Waals surface area contributed by atoms with Gasteiger partial charge in [0.2, 0.25) is 0 Å². The van der Waals surface area contributed by atoms with Crippen LogP contribution in [0, 0.1) is 17.8 Å². The second kappa shape index (κ2) is 9.63. The zero-order chi connectivity index (χ0) is 18.2. The van der Waals surface area contributed by atoms with E-state index in [9.17, 15) is 0 Å². The Kier molecular flexibility index (Phi) is 6.96. The molecule has 0 bridgehead atoms. The van der Waals surface area contributed by atoms with Crippen LogP contribution in [0.3, 0.4) is 0 Å². The first-order chi connectivity index (χ1) is 12.8. The zero-order valence-corrected chi connectivity index (χ0v) is 16.4. The Bertz CT molecular complexity index is 716. The highest BCUT2D eigenvalue weighted by atomic mass is 14.2. The molecule has 1 aliphatic carbocycles. The fourth-order valence-electron chi connectivity index (χ4n) is 4.05. The minimum Gasteiger partial charge on any atom is -0.0945 e. The van der Waals surface area contributed by atoms with E-state index >= 15 is 0 Å². The van der Waals surface area contributed by atoms with Crippen LogP contribution in [-0.2, 0) is 12.8 Å². The summed E-state index contributed by atoms with van der Waals surface area (Å²) in [4.78, 5) is 0. The highest BCUT2D eigenvalue weighted by Crippen LogP contribution is 2.35. The molecule has 0 radical (unpaired) electrons. The molecule has 0 unspecified atom stereocenters. The highest BCUT2D eigenvalue weighted by molar-refractivity contribution is 5.37. The molecule has 1 aliphatic rings. The fraction of sp³-hybridized carbons (Fsp3) is 0.462. The van der Waals surface area contributed by atoms with Gasteiger partial charge < -0.3 is 0 Å². The van der Waals surface area contributed by atoms with Crippen molar-refractivity contribution in [3.05, 3.63) is 70.8 Å². The first-order valence-corrected chi connectivity index (χ1v) is 10.5. The van der Waals surface area contributed by atoms with Crippen LogP contribution in [0.5, 0.6) is 0 Å². The molecule has 0 atom stereocenters. The predicted molar refractivity (Wildman–Crippen MR) is 112 cm³/mol. The van der Waals surface area contributed by atoms with Crippen molar-refractivity contribution in [3.8, 4) is 11.8 Å². The van der Waals surface area contributed by atoms with E-state index in [1.165, 1.54) is 67.2 Å². The average molecular weight is 345 g/mol. The molecule has 2 aromatic carbocycles. The summed E-state index contributed by atoms with van der Waals surface area (Å²) in [5.74, 6) is 8.25. The van der Waals surface area contributed by atoms with Gasteiger partial charge in [-0.3, -0.25) is 0 Å². The molecule has 0 heteroatoms. The van der Waals surface area contributed by atoms with Crippen molar-refractivity contribution in [2.75, 3.05) is 0 Å². The number of benzene rings is 2. The lowest BCUT2D eigenvalue weighted by molar-refractivity contribution is 0.384. The summed E-state index contributed by atoms with van der Waals surface area (Å²) in [7, 11) is 0. The minimum atomic E-state index is 0.570. The Morgan fingerprint density at radius 2 is 1.27 bits per heavy atom. The van der Waals surface area contributed by atoms with Crippen LogP contribution in [0.4, 0.5) is 0 Å². The van der Waals surface area contributed by atoms with Crippen molar-refractivity contribution in [3.63, 3.8) is 0 Å². The summed E-state index contributed by atoms with van der Waals surface area (Å²) >= 11 is 0. The third-order valence-corrected chi connectivity index (χ3v) is 5.63. The lowest BCUT2D eigenvalue weighted by Crippen LogP contribution is -2.12. The molecule has 26 heavy (non-hydrogen) atoms. The molecule has 2 aromatic rings. The first-order valence-electron chi connectivity index (χ1n) is 10.5. The Morgan fingerprint density at radius 3 is 1.81 bits per heavy atom. The van der Waals surface area contributed by atoms with Crippen LogP contribution in [0.15, 0.2) is 48.5 Å². The first kappa shape index (κ1) is 18.8. The summed E-state index contributed by atoms with van der Waals surface area (Å²) in [6.07, 6.45) is 9.83. The summed E-state index contributed by atoms with van der Waals surface area (Å²) < 4.78 is 0. The SMILES string of the molecule is CCCc1ccc(C#C[C@H]2CC[C@H](c3ccc(CCC)cc3)CC2)cc1. The number of aryl methyl sites for hydroxylation is 2. The third-order valence-electron chi connectivity index (χ3n) is 5.63. The molecule has 1 saturated carbocycles. The van der Waals surface area contributed by atoms with Crippen LogP contribution in [0.2, 0.25) is 0 Å². The molecule has 136 valence electrons. The van der Waals surface area contributed by atoms with Crippen LogP contribution < -0.4 is 0 Å². The van der Waals surface area contributed by atoms with Crippen molar-refractivity contribution in [2.45, 2.75) is 71.1 Å². The lowest BCUT2D eigenvalue weighted by Gasteiger charge is -2.26. The molecule has 0 saturated heterocycles. The molecular weight excluding hydrogens is 312 g/mol. The van der Waals surface area contributed by atoms with Gasteiger partial charge in [-0.2, -0.15) is 0 Å². The number of hydrogen-bond acceptors (Lipinski definition) is 0. The van der Waals surface area contributed by atoms with Crippen molar-refractivity contribution >= 4 is 0 Å². The monoisotopic (exact) mass is 344 g/mol. The molecule has 0 nitrogen and oxygen atoms in total. The highest BCUT2D eigenvalue weighted by Gasteiger charge is 2.21. The maximum absolute atomic E-state index is 3.54. The van der Waals surface area contributed by atoms with Crippen molar-refractivity contribution in [2.24, 2.45) is 5.92 Å². The summed E-state index contributed by atoms with van der Waals surface area (Å²) in [6.45, 7) is 4.47. The van der Waals surface area contributed by atoms with E-state index in [1.54, 1.807) is 0 Å². The van der Waals surface area contributed by atoms with Gasteiger partial charge in [0.15, 0.2) is 0 Å². The van der Waals surface area contributed by atoms with Gasteiger partial charge >= 0.3 is 0 Å². The van der Waals surface area contributed by atoms with Crippen molar-refractivity contribution in [1.29, 1.82) is 0 Å². The fourth-order valence-corrected chi connectivity index (χ4v) is 4.05. The van der Waals surface area contributed by atoms with Gasteiger partial charge in [-0.05, 0) is 73.3 Å². The molecule has 0 heterocycles. The Balaban J connectivity index is 1.52. The summed E-state index contributed by atoms with van der Waals surface area (Å²) in [5, 5.41) is 0. The predicted octanol–water partition coefficient (Wildman–Crippen LogP) is 6.92. The average Bonchev–Trinajstić information content (AvgIpc) is 2.69. The van der Waals surface area contributed by atoms with Crippen LogP contribution >= 0.6 is 0 Å². The quantitative estimate of drug-likeness (QED) is 0.517. The maximum Gasteiger partial charge on any atom is 0.0245 e. The van der Waals surface area contributed by atoms with Gasteiger partial charge in [-0.15, -0.1) is 0 Å².